The summed E-state index contributed by atoms with van der Waals surface area (Å²) >= 11 is 0. The highest BCUT2D eigenvalue weighted by molar-refractivity contribution is 5.97. The first kappa shape index (κ1) is 30.1. The fraction of sp³-hybridized carbons (Fsp3) is 0.500. The van der Waals surface area contributed by atoms with E-state index >= 15 is 0 Å². The lowest BCUT2D eigenvalue weighted by Gasteiger charge is -2.40. The molecule has 0 saturated heterocycles. The average molecular weight is 543 g/mol. The molecule has 0 bridgehead atoms. The third-order valence-electron chi connectivity index (χ3n) is 6.19. The highest BCUT2D eigenvalue weighted by Crippen LogP contribution is 2.47. The summed E-state index contributed by atoms with van der Waals surface area (Å²) in [5, 5.41) is 1.09. The van der Waals surface area contributed by atoms with Gasteiger partial charge in [-0.3, -0.25) is 14.4 Å². The summed E-state index contributed by atoms with van der Waals surface area (Å²) in [7, 11) is 3.02. The Bertz CT molecular complexity index is 1280. The van der Waals surface area contributed by atoms with E-state index in [2.05, 4.69) is 0 Å². The van der Waals surface area contributed by atoms with E-state index in [1.54, 1.807) is 85.1 Å². The molecule has 2 aromatic carbocycles. The number of ether oxygens (including phenoxy) is 6. The van der Waals surface area contributed by atoms with E-state index in [9.17, 15) is 14.4 Å². The van der Waals surface area contributed by atoms with E-state index in [4.69, 9.17) is 28.4 Å². The summed E-state index contributed by atoms with van der Waals surface area (Å²) in [4.78, 5) is 37.3. The fourth-order valence-electron chi connectivity index (χ4n) is 3.92. The van der Waals surface area contributed by atoms with Crippen LogP contribution in [0.2, 0.25) is 0 Å². The zero-order valence-corrected chi connectivity index (χ0v) is 24.1. The Morgan fingerprint density at radius 1 is 0.923 bits per heavy atom. The van der Waals surface area contributed by atoms with Gasteiger partial charge in [0.2, 0.25) is 5.79 Å². The Morgan fingerprint density at radius 2 is 1.56 bits per heavy atom. The molecule has 2 atom stereocenters. The van der Waals surface area contributed by atoms with Gasteiger partial charge in [-0.25, -0.2) is 0 Å². The summed E-state index contributed by atoms with van der Waals surface area (Å²) in [6.07, 6.45) is 1.48. The van der Waals surface area contributed by atoms with Crippen molar-refractivity contribution in [3.05, 3.63) is 47.7 Å². The van der Waals surface area contributed by atoms with Crippen LogP contribution >= 0.6 is 0 Å². The Balaban J connectivity index is 2.23. The summed E-state index contributed by atoms with van der Waals surface area (Å²) in [5.41, 5.74) is -1.12. The first-order valence-electron chi connectivity index (χ1n) is 12.7. The molecule has 0 aromatic heterocycles. The van der Waals surface area contributed by atoms with E-state index in [0.717, 1.165) is 0 Å². The molecule has 1 aliphatic heterocycles. The molecule has 1 aliphatic rings. The maximum absolute atomic E-state index is 13.2. The van der Waals surface area contributed by atoms with Gasteiger partial charge in [-0.2, -0.15) is 0 Å². The highest BCUT2D eigenvalue weighted by atomic mass is 16.7. The van der Waals surface area contributed by atoms with E-state index in [0.29, 0.717) is 27.8 Å². The topological polar surface area (TPSA) is 107 Å². The number of hydrogen-bond donors (Lipinski definition) is 0. The Morgan fingerprint density at radius 3 is 2.13 bits per heavy atom. The van der Waals surface area contributed by atoms with Crippen LogP contribution in [0.5, 0.6) is 11.5 Å². The van der Waals surface area contributed by atoms with Crippen molar-refractivity contribution in [3.8, 4) is 11.5 Å². The monoisotopic (exact) mass is 542 g/mol. The molecule has 2 aromatic rings. The fourth-order valence-corrected chi connectivity index (χ4v) is 3.92. The van der Waals surface area contributed by atoms with Gasteiger partial charge in [0.15, 0.2) is 0 Å². The Labute approximate surface area is 229 Å². The van der Waals surface area contributed by atoms with Crippen LogP contribution in [-0.4, -0.2) is 44.8 Å². The SMILES string of the molecule is CO[C@@H]1C=C(COC(C)=O)O[C@](OC)(c2ccc3c(OC(=O)C(C)(C)C)cccc3c2OC(=O)C(C)(C)C)C1. The van der Waals surface area contributed by atoms with Crippen molar-refractivity contribution in [1.82, 2.24) is 0 Å². The molecule has 0 unspecified atom stereocenters. The van der Waals surface area contributed by atoms with Gasteiger partial charge in [-0.05, 0) is 65.8 Å². The first-order valence-corrected chi connectivity index (χ1v) is 12.7. The van der Waals surface area contributed by atoms with Gasteiger partial charge in [0.05, 0.1) is 22.5 Å². The van der Waals surface area contributed by atoms with Gasteiger partial charge in [0.1, 0.15) is 23.9 Å². The lowest BCUT2D eigenvalue weighted by atomic mass is 9.92. The minimum atomic E-state index is -1.45. The number of fused-ring (bicyclic) bond motifs is 1. The maximum Gasteiger partial charge on any atom is 0.316 e. The standard InChI is InChI=1S/C30H38O9/c1-18(31)36-17-20-15-19(34-8)16-30(35-9,39-20)23-14-13-21-22(25(23)38-27(33)29(5,6)7)11-10-12-24(21)37-26(32)28(2,3)4/h10-15,19H,16-17H2,1-9H3/t19-,30+/m1/s1. The molecule has 0 fully saturated rings. The number of rotatable bonds is 7. The minimum absolute atomic E-state index is 0.127. The molecular formula is C30H38O9. The quantitative estimate of drug-likeness (QED) is 0.335. The van der Waals surface area contributed by atoms with E-state index < -0.39 is 40.6 Å². The Kier molecular flexibility index (Phi) is 8.77. The third kappa shape index (κ3) is 6.78. The molecule has 0 amide bonds. The lowest BCUT2D eigenvalue weighted by Crippen LogP contribution is -2.41. The summed E-state index contributed by atoms with van der Waals surface area (Å²) in [6, 6.07) is 8.66. The van der Waals surface area contributed by atoms with Gasteiger partial charge in [0, 0.05) is 38.3 Å². The van der Waals surface area contributed by atoms with Crippen molar-refractivity contribution in [1.29, 1.82) is 0 Å². The van der Waals surface area contributed by atoms with Gasteiger partial charge >= 0.3 is 17.9 Å². The second kappa shape index (κ2) is 11.4. The van der Waals surface area contributed by atoms with Crippen molar-refractivity contribution in [2.75, 3.05) is 20.8 Å². The molecule has 0 spiro atoms. The number of hydrogen-bond acceptors (Lipinski definition) is 9. The largest absolute Gasteiger partial charge is 0.459 e. The van der Waals surface area contributed by atoms with Gasteiger partial charge in [-0.1, -0.05) is 12.1 Å². The van der Waals surface area contributed by atoms with Crippen LogP contribution < -0.4 is 9.47 Å². The van der Waals surface area contributed by atoms with Crippen LogP contribution in [0.4, 0.5) is 0 Å². The van der Waals surface area contributed by atoms with Crippen LogP contribution in [0.3, 0.4) is 0 Å². The number of carbonyl (C=O) groups is 3. The van der Waals surface area contributed by atoms with Crippen LogP contribution in [0, 0.1) is 10.8 Å². The number of benzene rings is 2. The number of esters is 3. The van der Waals surface area contributed by atoms with Crippen molar-refractivity contribution < 1.29 is 42.8 Å². The van der Waals surface area contributed by atoms with Gasteiger partial charge in [-0.15, -0.1) is 0 Å². The van der Waals surface area contributed by atoms with Gasteiger partial charge < -0.3 is 28.4 Å². The smallest absolute Gasteiger partial charge is 0.316 e. The third-order valence-corrected chi connectivity index (χ3v) is 6.19. The van der Waals surface area contributed by atoms with Crippen molar-refractivity contribution in [2.24, 2.45) is 10.8 Å². The molecule has 212 valence electrons. The second-order valence-electron chi connectivity index (χ2n) is 11.5. The molecule has 0 N–H and O–H groups in total. The summed E-state index contributed by atoms with van der Waals surface area (Å²) < 4.78 is 34.8. The normalized spacial score (nSPS) is 19.6. The maximum atomic E-state index is 13.2. The van der Waals surface area contributed by atoms with Crippen LogP contribution in [0.1, 0.15) is 60.5 Å². The zero-order valence-electron chi connectivity index (χ0n) is 24.1. The molecule has 9 nitrogen and oxygen atoms in total. The molecule has 0 radical (unpaired) electrons. The lowest BCUT2D eigenvalue weighted by molar-refractivity contribution is -0.237. The van der Waals surface area contributed by atoms with E-state index in [1.165, 1.54) is 14.0 Å². The van der Waals surface area contributed by atoms with Crippen molar-refractivity contribution in [2.45, 2.75) is 66.8 Å². The molecular weight excluding hydrogens is 504 g/mol. The Hall–Kier alpha value is -3.43. The van der Waals surface area contributed by atoms with E-state index in [1.807, 2.05) is 0 Å². The summed E-state index contributed by atoms with van der Waals surface area (Å²) in [5.74, 6) is -1.95. The molecule has 0 saturated carbocycles. The second-order valence-corrected chi connectivity index (χ2v) is 11.5. The van der Waals surface area contributed by atoms with Crippen LogP contribution in [0.25, 0.3) is 10.8 Å². The molecule has 1 heterocycles. The van der Waals surface area contributed by atoms with Crippen molar-refractivity contribution >= 4 is 28.7 Å². The predicted octanol–water partition coefficient (Wildman–Crippen LogP) is 5.42. The number of methoxy groups -OCH3 is 2. The zero-order chi connectivity index (χ0) is 29.2. The molecule has 9 heteroatoms. The first-order chi connectivity index (χ1) is 18.1. The summed E-state index contributed by atoms with van der Waals surface area (Å²) in [6.45, 7) is 11.7. The van der Waals surface area contributed by atoms with E-state index in [-0.39, 0.29) is 18.8 Å². The van der Waals surface area contributed by atoms with Gasteiger partial charge in [0.25, 0.3) is 0 Å². The minimum Gasteiger partial charge on any atom is -0.459 e. The highest BCUT2D eigenvalue weighted by Gasteiger charge is 2.45. The molecule has 3 rings (SSSR count). The van der Waals surface area contributed by atoms with Crippen LogP contribution in [0.15, 0.2) is 42.2 Å². The molecule has 0 aliphatic carbocycles. The van der Waals surface area contributed by atoms with Crippen LogP contribution in [-0.2, 0) is 39.1 Å². The average Bonchev–Trinajstić information content (AvgIpc) is 2.86. The predicted molar refractivity (Wildman–Crippen MR) is 144 cm³/mol. The molecule has 39 heavy (non-hydrogen) atoms. The number of carbonyl (C=O) groups excluding carboxylic acids is 3. The van der Waals surface area contributed by atoms with Crippen molar-refractivity contribution in [3.63, 3.8) is 0 Å².